The van der Waals surface area contributed by atoms with Crippen molar-refractivity contribution in [3.8, 4) is 0 Å². The number of rotatable bonds is 3. The number of nitrogens with zero attached hydrogens (tertiary/aromatic N) is 10. The van der Waals surface area contributed by atoms with E-state index in [0.717, 1.165) is 64.7 Å². The quantitative estimate of drug-likeness (QED) is 0.552. The van der Waals surface area contributed by atoms with Crippen molar-refractivity contribution >= 4 is 0 Å². The van der Waals surface area contributed by atoms with Gasteiger partial charge >= 0.3 is 0 Å². The Kier molecular flexibility index (Phi) is 8.92. The fraction of sp³-hybridized carbons (Fsp3) is 0.692. The second-order valence-electron chi connectivity index (χ2n) is 10.7. The summed E-state index contributed by atoms with van der Waals surface area (Å²) >= 11 is 0. The van der Waals surface area contributed by atoms with Crippen molar-refractivity contribution in [3.05, 3.63) is 48.6 Å². The van der Waals surface area contributed by atoms with E-state index in [4.69, 9.17) is 0 Å². The third-order valence-corrected chi connectivity index (χ3v) is 7.43. The normalized spacial score (nSPS) is 18.2. The highest BCUT2D eigenvalue weighted by atomic mass is 15.3. The van der Waals surface area contributed by atoms with Crippen molar-refractivity contribution in [1.82, 2.24) is 48.6 Å². The van der Waals surface area contributed by atoms with Gasteiger partial charge in [0.25, 0.3) is 0 Å². The van der Waals surface area contributed by atoms with Crippen LogP contribution in [-0.2, 0) is 39.3 Å². The molecule has 0 bridgehead atoms. The summed E-state index contributed by atoms with van der Waals surface area (Å²) in [5.41, 5.74) is 1.34. The SMILES string of the molecule is CC(C)N1CCn2ccnc2C1.CC(C)N1CCn2cncc2C1.CC(C)N1CCn2cnnc2C1. The summed E-state index contributed by atoms with van der Waals surface area (Å²) in [4.78, 5) is 15.8. The molecule has 0 N–H and O–H groups in total. The molecule has 6 heterocycles. The molecule has 3 aromatic heterocycles. The van der Waals surface area contributed by atoms with Crippen molar-refractivity contribution in [2.24, 2.45) is 0 Å². The van der Waals surface area contributed by atoms with Gasteiger partial charge in [-0.1, -0.05) is 0 Å². The first kappa shape index (κ1) is 26.5. The molecule has 0 aromatic carbocycles. The van der Waals surface area contributed by atoms with Gasteiger partial charge in [0.15, 0.2) is 0 Å². The first-order valence-corrected chi connectivity index (χ1v) is 13.4. The van der Waals surface area contributed by atoms with E-state index in [1.54, 1.807) is 0 Å². The second-order valence-corrected chi connectivity index (χ2v) is 10.7. The largest absolute Gasteiger partial charge is 0.333 e. The lowest BCUT2D eigenvalue weighted by Gasteiger charge is -2.31. The van der Waals surface area contributed by atoms with Crippen LogP contribution in [0.4, 0.5) is 0 Å². The van der Waals surface area contributed by atoms with Crippen LogP contribution in [0.1, 0.15) is 58.9 Å². The lowest BCUT2D eigenvalue weighted by Crippen LogP contribution is -2.38. The Bertz CT molecular complexity index is 929. The molecule has 3 aliphatic heterocycles. The molecule has 0 saturated heterocycles. The fourth-order valence-corrected chi connectivity index (χ4v) is 4.80. The summed E-state index contributed by atoms with van der Waals surface area (Å²) in [6.07, 6.45) is 9.65. The molecule has 3 aliphatic rings. The van der Waals surface area contributed by atoms with E-state index < -0.39 is 0 Å². The maximum Gasteiger partial charge on any atom is 0.147 e. The second kappa shape index (κ2) is 12.1. The summed E-state index contributed by atoms with van der Waals surface area (Å²) in [6, 6.07) is 1.89. The lowest BCUT2D eigenvalue weighted by atomic mass is 10.2. The van der Waals surface area contributed by atoms with Gasteiger partial charge in [0, 0.05) is 82.5 Å². The van der Waals surface area contributed by atoms with Crippen LogP contribution in [0.15, 0.2) is 31.2 Å². The van der Waals surface area contributed by atoms with Crippen molar-refractivity contribution < 1.29 is 0 Å². The minimum Gasteiger partial charge on any atom is -0.333 e. The van der Waals surface area contributed by atoms with Crippen LogP contribution >= 0.6 is 0 Å². The Hall–Kier alpha value is -2.56. The number of fused-ring (bicyclic) bond motifs is 3. The van der Waals surface area contributed by atoms with Crippen LogP contribution in [0.25, 0.3) is 0 Å². The number of hydrogen-bond acceptors (Lipinski definition) is 7. The standard InChI is InChI=1S/2C9H15N3.C8H14N4/c1-8(2)11-3-4-12-7-10-5-9(12)6-11;1-8(2)12-6-5-11-4-3-10-9(11)7-12;1-7(2)11-3-4-12-6-9-10-8(12)5-11/h5,7-8H,3-4,6H2,1-2H3;3-4,8H,5-7H2,1-2H3;6-7H,3-5H2,1-2H3. The van der Waals surface area contributed by atoms with E-state index in [-0.39, 0.29) is 0 Å². The molecular weight excluding hydrogens is 452 g/mol. The molecule has 0 aliphatic carbocycles. The summed E-state index contributed by atoms with van der Waals surface area (Å²) in [6.45, 7) is 23.0. The molecule has 0 unspecified atom stereocenters. The topological polar surface area (TPSA) is 76.1 Å². The van der Waals surface area contributed by atoms with Crippen LogP contribution in [0.2, 0.25) is 0 Å². The van der Waals surface area contributed by atoms with Crippen LogP contribution in [0, 0.1) is 0 Å². The molecule has 6 rings (SSSR count). The smallest absolute Gasteiger partial charge is 0.147 e. The molecular formula is C26H44N10. The van der Waals surface area contributed by atoms with Crippen molar-refractivity contribution in [1.29, 1.82) is 0 Å². The zero-order valence-corrected chi connectivity index (χ0v) is 23.0. The Morgan fingerprint density at radius 2 is 1.22 bits per heavy atom. The summed E-state index contributed by atoms with van der Waals surface area (Å²) < 4.78 is 6.59. The highest BCUT2D eigenvalue weighted by molar-refractivity contribution is 5.01. The monoisotopic (exact) mass is 496 g/mol. The highest BCUT2D eigenvalue weighted by Gasteiger charge is 2.20. The number of aromatic nitrogens is 7. The minimum absolute atomic E-state index is 0.607. The molecule has 0 amide bonds. The van der Waals surface area contributed by atoms with E-state index in [1.807, 2.05) is 25.0 Å². The van der Waals surface area contributed by atoms with Crippen LogP contribution < -0.4 is 0 Å². The molecule has 0 saturated carbocycles. The maximum absolute atomic E-state index is 4.31. The molecule has 0 fully saturated rings. The van der Waals surface area contributed by atoms with E-state index in [2.05, 4.69) is 96.3 Å². The summed E-state index contributed by atoms with van der Waals surface area (Å²) in [5.74, 6) is 2.30. The zero-order valence-electron chi connectivity index (χ0n) is 23.0. The predicted octanol–water partition coefficient (Wildman–Crippen LogP) is 2.72. The maximum atomic E-state index is 4.31. The average molecular weight is 497 g/mol. The highest BCUT2D eigenvalue weighted by Crippen LogP contribution is 2.14. The predicted molar refractivity (Wildman–Crippen MR) is 141 cm³/mol. The van der Waals surface area contributed by atoms with Crippen LogP contribution in [-0.4, -0.2) is 86.3 Å². The number of imidazole rings is 2. The van der Waals surface area contributed by atoms with Crippen LogP contribution in [0.3, 0.4) is 0 Å². The van der Waals surface area contributed by atoms with Gasteiger partial charge in [0.1, 0.15) is 18.0 Å². The molecule has 3 aromatic rings. The number of hydrogen-bond donors (Lipinski definition) is 0. The Labute approximate surface area is 215 Å². The van der Waals surface area contributed by atoms with Gasteiger partial charge in [-0.3, -0.25) is 14.7 Å². The van der Waals surface area contributed by atoms with E-state index in [1.165, 1.54) is 11.5 Å². The van der Waals surface area contributed by atoms with Gasteiger partial charge in [-0.15, -0.1) is 10.2 Å². The molecule has 10 nitrogen and oxygen atoms in total. The summed E-state index contributed by atoms with van der Waals surface area (Å²) in [7, 11) is 0. The summed E-state index contributed by atoms with van der Waals surface area (Å²) in [5, 5.41) is 7.94. The molecule has 0 atom stereocenters. The molecule has 0 spiro atoms. The molecule has 0 radical (unpaired) electrons. The van der Waals surface area contributed by atoms with E-state index in [0.29, 0.717) is 18.1 Å². The van der Waals surface area contributed by atoms with Crippen molar-refractivity contribution in [3.63, 3.8) is 0 Å². The average Bonchev–Trinajstić information content (AvgIpc) is 3.63. The lowest BCUT2D eigenvalue weighted by molar-refractivity contribution is 0.173. The fourth-order valence-electron chi connectivity index (χ4n) is 4.80. The first-order valence-electron chi connectivity index (χ1n) is 13.4. The zero-order chi connectivity index (χ0) is 25.7. The van der Waals surface area contributed by atoms with Gasteiger partial charge in [-0.2, -0.15) is 0 Å². The Morgan fingerprint density at radius 1 is 0.639 bits per heavy atom. The van der Waals surface area contributed by atoms with E-state index in [9.17, 15) is 0 Å². The van der Waals surface area contributed by atoms with Crippen LogP contribution in [0.5, 0.6) is 0 Å². The van der Waals surface area contributed by atoms with Gasteiger partial charge in [0.05, 0.1) is 25.1 Å². The molecule has 198 valence electrons. The third kappa shape index (κ3) is 6.60. The van der Waals surface area contributed by atoms with Crippen molar-refractivity contribution in [2.75, 3.05) is 19.6 Å². The van der Waals surface area contributed by atoms with Gasteiger partial charge in [0.2, 0.25) is 0 Å². The van der Waals surface area contributed by atoms with Gasteiger partial charge in [-0.25, -0.2) is 9.97 Å². The van der Waals surface area contributed by atoms with E-state index >= 15 is 0 Å². The molecule has 10 heteroatoms. The minimum atomic E-state index is 0.607. The Morgan fingerprint density at radius 3 is 1.89 bits per heavy atom. The van der Waals surface area contributed by atoms with Gasteiger partial charge in [-0.05, 0) is 41.5 Å². The molecule has 36 heavy (non-hydrogen) atoms. The Balaban J connectivity index is 0.000000127. The van der Waals surface area contributed by atoms with Gasteiger partial charge < -0.3 is 13.7 Å². The third-order valence-electron chi connectivity index (χ3n) is 7.43. The van der Waals surface area contributed by atoms with Crippen molar-refractivity contribution in [2.45, 2.75) is 98.9 Å². The first-order chi connectivity index (χ1) is 17.3.